The molecule has 1 amide bonds. The zero-order valence-corrected chi connectivity index (χ0v) is 11.9. The number of carbonyl (C=O) groups is 1. The number of amides is 1. The fourth-order valence-electron chi connectivity index (χ4n) is 2.21. The van der Waals surface area contributed by atoms with Crippen LogP contribution in [0.1, 0.15) is 40.8 Å². The molecule has 3 aromatic rings. The second-order valence-electron chi connectivity index (χ2n) is 5.42. The van der Waals surface area contributed by atoms with Crippen LogP contribution in [0.5, 0.6) is 0 Å². The molecule has 1 N–H and O–H groups in total. The third kappa shape index (κ3) is 2.41. The summed E-state index contributed by atoms with van der Waals surface area (Å²) in [5, 5.41) is 12.1. The molecular formula is C15H13N5O2. The van der Waals surface area contributed by atoms with Gasteiger partial charge in [0.05, 0.1) is 0 Å². The molecule has 0 bridgehead atoms. The number of carbonyl (C=O) groups excluding carboxylic acids is 1. The lowest BCUT2D eigenvalue weighted by Crippen LogP contribution is -2.13. The Labute approximate surface area is 125 Å². The molecule has 0 aromatic carbocycles. The van der Waals surface area contributed by atoms with Crippen LogP contribution in [0, 0.1) is 6.92 Å². The number of pyridine rings is 2. The van der Waals surface area contributed by atoms with E-state index in [2.05, 4.69) is 25.5 Å². The van der Waals surface area contributed by atoms with Gasteiger partial charge in [0.25, 0.3) is 5.91 Å². The maximum atomic E-state index is 12.2. The van der Waals surface area contributed by atoms with Crippen LogP contribution in [0.15, 0.2) is 28.9 Å². The molecule has 4 rings (SSSR count). The summed E-state index contributed by atoms with van der Waals surface area (Å²) in [5.74, 6) is 0.557. The normalized spacial score (nSPS) is 14.2. The van der Waals surface area contributed by atoms with E-state index in [9.17, 15) is 4.79 Å². The minimum absolute atomic E-state index is 0.107. The highest BCUT2D eigenvalue weighted by molar-refractivity contribution is 6.03. The van der Waals surface area contributed by atoms with E-state index in [0.29, 0.717) is 11.8 Å². The summed E-state index contributed by atoms with van der Waals surface area (Å²) in [5.41, 5.74) is 1.19. The van der Waals surface area contributed by atoms with Gasteiger partial charge in [-0.25, -0.2) is 0 Å². The Bertz CT molecular complexity index is 869. The molecule has 1 fully saturated rings. The van der Waals surface area contributed by atoms with Crippen molar-refractivity contribution in [2.75, 3.05) is 5.32 Å². The van der Waals surface area contributed by atoms with Gasteiger partial charge in [-0.3, -0.25) is 20.1 Å². The SMILES string of the molecule is Cc1cc2cnc(C(=O)Nc3nnc(C4CC4)o3)cc2cn1. The first-order valence-corrected chi connectivity index (χ1v) is 7.06. The van der Waals surface area contributed by atoms with Crippen molar-refractivity contribution >= 4 is 22.7 Å². The molecule has 0 unspecified atom stereocenters. The zero-order valence-electron chi connectivity index (χ0n) is 11.9. The molecule has 110 valence electrons. The summed E-state index contributed by atoms with van der Waals surface area (Å²) in [6, 6.07) is 3.72. The molecule has 7 heteroatoms. The quantitative estimate of drug-likeness (QED) is 0.797. The summed E-state index contributed by atoms with van der Waals surface area (Å²) in [4.78, 5) is 20.6. The number of aromatic nitrogens is 4. The molecule has 0 saturated heterocycles. The number of anilines is 1. The van der Waals surface area contributed by atoms with Crippen molar-refractivity contribution in [2.24, 2.45) is 0 Å². The second-order valence-corrected chi connectivity index (χ2v) is 5.42. The van der Waals surface area contributed by atoms with Gasteiger partial charge in [-0.05, 0) is 31.9 Å². The molecule has 1 aliphatic carbocycles. The average molecular weight is 295 g/mol. The van der Waals surface area contributed by atoms with Gasteiger partial charge >= 0.3 is 6.01 Å². The Kier molecular flexibility index (Phi) is 2.85. The van der Waals surface area contributed by atoms with Gasteiger partial charge in [-0.1, -0.05) is 5.10 Å². The molecule has 3 aromatic heterocycles. The van der Waals surface area contributed by atoms with Gasteiger partial charge in [0.1, 0.15) is 5.69 Å². The van der Waals surface area contributed by atoms with Gasteiger partial charge in [0.15, 0.2) is 0 Å². The first kappa shape index (κ1) is 12.9. The molecule has 1 saturated carbocycles. The van der Waals surface area contributed by atoms with Crippen LogP contribution >= 0.6 is 0 Å². The Morgan fingerprint density at radius 2 is 1.95 bits per heavy atom. The maximum Gasteiger partial charge on any atom is 0.322 e. The van der Waals surface area contributed by atoms with Gasteiger partial charge in [-0.2, -0.15) is 0 Å². The van der Waals surface area contributed by atoms with Crippen molar-refractivity contribution in [3.63, 3.8) is 0 Å². The van der Waals surface area contributed by atoms with Crippen molar-refractivity contribution in [2.45, 2.75) is 25.7 Å². The molecule has 0 atom stereocenters. The number of fused-ring (bicyclic) bond motifs is 1. The minimum Gasteiger partial charge on any atom is -0.408 e. The summed E-state index contributed by atoms with van der Waals surface area (Å²) in [6.45, 7) is 1.91. The van der Waals surface area contributed by atoms with E-state index in [0.717, 1.165) is 29.3 Å². The Balaban J connectivity index is 1.57. The first-order chi connectivity index (χ1) is 10.7. The number of hydrogen-bond acceptors (Lipinski definition) is 6. The number of hydrogen-bond donors (Lipinski definition) is 1. The number of nitrogens with zero attached hydrogens (tertiary/aromatic N) is 4. The first-order valence-electron chi connectivity index (χ1n) is 7.06. The summed E-state index contributed by atoms with van der Waals surface area (Å²) >= 11 is 0. The summed E-state index contributed by atoms with van der Waals surface area (Å²) in [7, 11) is 0. The van der Waals surface area contributed by atoms with Crippen LogP contribution < -0.4 is 5.32 Å². The molecule has 22 heavy (non-hydrogen) atoms. The van der Waals surface area contributed by atoms with Gasteiger partial charge < -0.3 is 4.42 Å². The minimum atomic E-state index is -0.381. The summed E-state index contributed by atoms with van der Waals surface area (Å²) in [6.07, 6.45) is 5.51. The fraction of sp³-hybridized carbons (Fsp3) is 0.267. The third-order valence-corrected chi connectivity index (χ3v) is 3.56. The van der Waals surface area contributed by atoms with E-state index in [1.165, 1.54) is 0 Å². The van der Waals surface area contributed by atoms with E-state index in [1.54, 1.807) is 18.5 Å². The molecule has 0 radical (unpaired) electrons. The number of nitrogens with one attached hydrogen (secondary N) is 1. The van der Waals surface area contributed by atoms with Crippen molar-refractivity contribution in [1.29, 1.82) is 0 Å². The summed E-state index contributed by atoms with van der Waals surface area (Å²) < 4.78 is 5.41. The van der Waals surface area contributed by atoms with Crippen LogP contribution in [0.2, 0.25) is 0 Å². The largest absolute Gasteiger partial charge is 0.408 e. The predicted molar refractivity (Wildman–Crippen MR) is 78.5 cm³/mol. The zero-order chi connectivity index (χ0) is 15.1. The Hall–Kier alpha value is -2.83. The number of aryl methyl sites for hydroxylation is 1. The van der Waals surface area contributed by atoms with Crippen LogP contribution in [0.25, 0.3) is 10.8 Å². The average Bonchev–Trinajstić information content (AvgIpc) is 3.27. The molecular weight excluding hydrogens is 282 g/mol. The van der Waals surface area contributed by atoms with Crippen LogP contribution in [-0.2, 0) is 0 Å². The van der Waals surface area contributed by atoms with E-state index in [4.69, 9.17) is 4.42 Å². The van der Waals surface area contributed by atoms with E-state index in [1.807, 2.05) is 13.0 Å². The third-order valence-electron chi connectivity index (χ3n) is 3.56. The van der Waals surface area contributed by atoms with Crippen LogP contribution in [0.4, 0.5) is 6.01 Å². The lowest BCUT2D eigenvalue weighted by molar-refractivity contribution is 0.101. The highest BCUT2D eigenvalue weighted by Crippen LogP contribution is 2.39. The topological polar surface area (TPSA) is 93.8 Å². The molecule has 7 nitrogen and oxygen atoms in total. The molecule has 1 aliphatic rings. The highest BCUT2D eigenvalue weighted by Gasteiger charge is 2.29. The van der Waals surface area contributed by atoms with Crippen molar-refractivity contribution in [1.82, 2.24) is 20.2 Å². The molecule has 0 aliphatic heterocycles. The van der Waals surface area contributed by atoms with Gasteiger partial charge in [-0.15, -0.1) is 5.10 Å². The lowest BCUT2D eigenvalue weighted by atomic mass is 10.2. The van der Waals surface area contributed by atoms with Gasteiger partial charge in [0, 0.05) is 34.8 Å². The van der Waals surface area contributed by atoms with Crippen LogP contribution in [0.3, 0.4) is 0 Å². The fourth-order valence-corrected chi connectivity index (χ4v) is 2.21. The monoisotopic (exact) mass is 295 g/mol. The predicted octanol–water partition coefficient (Wildman–Crippen LogP) is 2.45. The Morgan fingerprint density at radius 3 is 2.77 bits per heavy atom. The number of rotatable bonds is 3. The van der Waals surface area contributed by atoms with E-state index >= 15 is 0 Å². The van der Waals surface area contributed by atoms with Gasteiger partial charge in [0.2, 0.25) is 5.89 Å². The van der Waals surface area contributed by atoms with E-state index < -0.39 is 0 Å². The second kappa shape index (κ2) is 4.87. The van der Waals surface area contributed by atoms with Crippen molar-refractivity contribution in [3.05, 3.63) is 41.8 Å². The lowest BCUT2D eigenvalue weighted by Gasteiger charge is -2.02. The maximum absolute atomic E-state index is 12.2. The standard InChI is InChI=1S/C15H13N5O2/c1-8-4-10-7-17-12(5-11(10)6-16-8)13(21)18-15-20-19-14(22-15)9-2-3-9/h4-7,9H,2-3H2,1H3,(H,18,20,21). The smallest absolute Gasteiger partial charge is 0.322 e. The van der Waals surface area contributed by atoms with Crippen molar-refractivity contribution < 1.29 is 9.21 Å². The molecule has 0 spiro atoms. The molecule has 3 heterocycles. The Morgan fingerprint density at radius 1 is 1.18 bits per heavy atom. The van der Waals surface area contributed by atoms with Crippen molar-refractivity contribution in [3.8, 4) is 0 Å². The van der Waals surface area contributed by atoms with Crippen LogP contribution in [-0.4, -0.2) is 26.1 Å². The van der Waals surface area contributed by atoms with E-state index in [-0.39, 0.29) is 17.6 Å². The highest BCUT2D eigenvalue weighted by atomic mass is 16.4.